The molecule has 2 N–H and O–H groups in total. The molecule has 7 nitrogen and oxygen atoms in total. The summed E-state index contributed by atoms with van der Waals surface area (Å²) in [4.78, 5) is 24.3. The maximum atomic E-state index is 13.4. The van der Waals surface area contributed by atoms with Crippen LogP contribution < -0.4 is 25.1 Å². The molecule has 0 unspecified atom stereocenters. The predicted octanol–water partition coefficient (Wildman–Crippen LogP) is 1.92. The quantitative estimate of drug-likeness (QED) is 0.577. The van der Waals surface area contributed by atoms with E-state index in [9.17, 15) is 14.0 Å². The van der Waals surface area contributed by atoms with Crippen LogP contribution in [0, 0.1) is 5.82 Å². The van der Waals surface area contributed by atoms with Gasteiger partial charge in [-0.3, -0.25) is 20.4 Å². The summed E-state index contributed by atoms with van der Waals surface area (Å²) < 4.78 is 29.3. The molecule has 1 aliphatic heterocycles. The minimum Gasteiger partial charge on any atom is -0.486 e. The van der Waals surface area contributed by atoms with Crippen LogP contribution in [0.2, 0.25) is 0 Å². The van der Waals surface area contributed by atoms with Gasteiger partial charge in [-0.05, 0) is 30.3 Å². The zero-order valence-electron chi connectivity index (χ0n) is 14.2. The summed E-state index contributed by atoms with van der Waals surface area (Å²) in [5, 5.41) is 0. The van der Waals surface area contributed by atoms with Gasteiger partial charge in [-0.15, -0.1) is 11.8 Å². The molecule has 1 heterocycles. The highest BCUT2D eigenvalue weighted by atomic mass is 32.2. The van der Waals surface area contributed by atoms with Crippen LogP contribution in [0.5, 0.6) is 17.2 Å². The fraction of sp³-hybridized carbons (Fsp3) is 0.222. The van der Waals surface area contributed by atoms with Gasteiger partial charge in [-0.2, -0.15) is 0 Å². The SMILES string of the molecule is O=C(COc1ccccc1F)NNC(=O)CSc1ccc2c(c1)OCCO2. The molecule has 0 bridgehead atoms. The van der Waals surface area contributed by atoms with Gasteiger partial charge in [-0.1, -0.05) is 12.1 Å². The normalized spacial score (nSPS) is 12.2. The molecular weight excluding hydrogens is 375 g/mol. The molecule has 0 atom stereocenters. The molecule has 142 valence electrons. The van der Waals surface area contributed by atoms with Crippen molar-refractivity contribution in [2.24, 2.45) is 0 Å². The number of hydrazine groups is 1. The predicted molar refractivity (Wildman–Crippen MR) is 96.3 cm³/mol. The van der Waals surface area contributed by atoms with Crippen molar-refractivity contribution in [1.29, 1.82) is 0 Å². The lowest BCUT2D eigenvalue weighted by atomic mass is 10.3. The third-order valence-electron chi connectivity index (χ3n) is 3.42. The number of hydrogen-bond donors (Lipinski definition) is 2. The van der Waals surface area contributed by atoms with E-state index in [1.165, 1.54) is 30.0 Å². The van der Waals surface area contributed by atoms with E-state index < -0.39 is 24.2 Å². The molecule has 0 spiro atoms. The second-order valence-electron chi connectivity index (χ2n) is 5.41. The summed E-state index contributed by atoms with van der Waals surface area (Å²) in [6.07, 6.45) is 0. The Labute approximate surface area is 159 Å². The summed E-state index contributed by atoms with van der Waals surface area (Å²) in [7, 11) is 0. The molecule has 3 rings (SSSR count). The van der Waals surface area contributed by atoms with Crippen LogP contribution in [0.1, 0.15) is 0 Å². The molecule has 2 aromatic rings. The van der Waals surface area contributed by atoms with Gasteiger partial charge in [0.15, 0.2) is 29.7 Å². The Morgan fingerprint density at radius 1 is 1.04 bits per heavy atom. The molecule has 27 heavy (non-hydrogen) atoms. The van der Waals surface area contributed by atoms with Gasteiger partial charge in [0.05, 0.1) is 5.75 Å². The Morgan fingerprint density at radius 3 is 2.59 bits per heavy atom. The third kappa shape index (κ3) is 5.52. The molecule has 2 aromatic carbocycles. The van der Waals surface area contributed by atoms with Gasteiger partial charge in [0.2, 0.25) is 5.91 Å². The topological polar surface area (TPSA) is 85.9 Å². The van der Waals surface area contributed by atoms with Crippen LogP contribution in [0.15, 0.2) is 47.4 Å². The van der Waals surface area contributed by atoms with Crippen molar-refractivity contribution in [3.63, 3.8) is 0 Å². The van der Waals surface area contributed by atoms with Crippen molar-refractivity contribution >= 4 is 23.6 Å². The second-order valence-corrected chi connectivity index (χ2v) is 6.46. The molecule has 9 heteroatoms. The summed E-state index contributed by atoms with van der Waals surface area (Å²) in [5.41, 5.74) is 4.49. The van der Waals surface area contributed by atoms with Crippen molar-refractivity contribution in [3.05, 3.63) is 48.3 Å². The van der Waals surface area contributed by atoms with Crippen molar-refractivity contribution in [3.8, 4) is 17.2 Å². The maximum Gasteiger partial charge on any atom is 0.276 e. The minimum atomic E-state index is -0.601. The number of amides is 2. The molecule has 0 fully saturated rings. The largest absolute Gasteiger partial charge is 0.486 e. The van der Waals surface area contributed by atoms with E-state index in [0.717, 1.165) is 4.90 Å². The fourth-order valence-electron chi connectivity index (χ4n) is 2.18. The fourth-order valence-corrected chi connectivity index (χ4v) is 2.90. The van der Waals surface area contributed by atoms with Crippen LogP contribution in [-0.4, -0.2) is 37.4 Å². The number of carbonyl (C=O) groups excluding carboxylic acids is 2. The number of para-hydroxylation sites is 1. The monoisotopic (exact) mass is 392 g/mol. The van der Waals surface area contributed by atoms with Crippen molar-refractivity contribution in [2.75, 3.05) is 25.6 Å². The summed E-state index contributed by atoms with van der Waals surface area (Å²) in [6.45, 7) is 0.585. The van der Waals surface area contributed by atoms with E-state index in [0.29, 0.717) is 24.7 Å². The average Bonchev–Trinajstić information content (AvgIpc) is 2.70. The van der Waals surface area contributed by atoms with Crippen LogP contribution in [0.4, 0.5) is 4.39 Å². The first kappa shape index (κ1) is 18.8. The highest BCUT2D eigenvalue weighted by Gasteiger charge is 2.13. The summed E-state index contributed by atoms with van der Waals surface area (Å²) in [5.74, 6) is -0.181. The number of halogens is 1. The zero-order chi connectivity index (χ0) is 19.1. The molecule has 2 amide bonds. The van der Waals surface area contributed by atoms with E-state index in [-0.39, 0.29) is 11.5 Å². The first-order valence-electron chi connectivity index (χ1n) is 8.09. The Hall–Kier alpha value is -2.94. The third-order valence-corrected chi connectivity index (χ3v) is 4.41. The number of rotatable bonds is 6. The highest BCUT2D eigenvalue weighted by Crippen LogP contribution is 2.34. The number of benzene rings is 2. The zero-order valence-corrected chi connectivity index (χ0v) is 15.0. The number of thioether (sulfide) groups is 1. The molecular formula is C18H17FN2O5S. The average molecular weight is 392 g/mol. The summed E-state index contributed by atoms with van der Waals surface area (Å²) in [6, 6.07) is 11.2. The number of carbonyl (C=O) groups is 2. The Kier molecular flexibility index (Phi) is 6.37. The van der Waals surface area contributed by atoms with Crippen molar-refractivity contribution < 1.29 is 28.2 Å². The van der Waals surface area contributed by atoms with E-state index in [2.05, 4.69) is 10.9 Å². The summed E-state index contributed by atoms with van der Waals surface area (Å²) >= 11 is 1.29. The van der Waals surface area contributed by atoms with E-state index in [1.807, 2.05) is 6.07 Å². The molecule has 0 aromatic heterocycles. The van der Waals surface area contributed by atoms with Crippen LogP contribution in [0.25, 0.3) is 0 Å². The van der Waals surface area contributed by atoms with Gasteiger partial charge in [0.1, 0.15) is 13.2 Å². The van der Waals surface area contributed by atoms with Crippen molar-refractivity contribution in [2.45, 2.75) is 4.90 Å². The smallest absolute Gasteiger partial charge is 0.276 e. The van der Waals surface area contributed by atoms with Gasteiger partial charge < -0.3 is 14.2 Å². The van der Waals surface area contributed by atoms with E-state index in [1.54, 1.807) is 18.2 Å². The van der Waals surface area contributed by atoms with Crippen molar-refractivity contribution in [1.82, 2.24) is 10.9 Å². The molecule has 0 radical (unpaired) electrons. The van der Waals surface area contributed by atoms with Gasteiger partial charge in [0.25, 0.3) is 5.91 Å². The number of ether oxygens (including phenoxy) is 3. The molecule has 1 aliphatic rings. The lowest BCUT2D eigenvalue weighted by molar-refractivity contribution is -0.128. The molecule has 0 saturated heterocycles. The van der Waals surface area contributed by atoms with Gasteiger partial charge in [0, 0.05) is 4.90 Å². The Morgan fingerprint density at radius 2 is 1.78 bits per heavy atom. The van der Waals surface area contributed by atoms with E-state index in [4.69, 9.17) is 14.2 Å². The Balaban J connectivity index is 1.38. The highest BCUT2D eigenvalue weighted by molar-refractivity contribution is 8.00. The first-order chi connectivity index (χ1) is 13.1. The van der Waals surface area contributed by atoms with Crippen LogP contribution in [-0.2, 0) is 9.59 Å². The minimum absolute atomic E-state index is 0.0341. The maximum absolute atomic E-state index is 13.4. The molecule has 0 aliphatic carbocycles. The number of hydrogen-bond acceptors (Lipinski definition) is 6. The van der Waals surface area contributed by atoms with Crippen LogP contribution in [0.3, 0.4) is 0 Å². The Bertz CT molecular complexity index is 833. The lowest BCUT2D eigenvalue weighted by Crippen LogP contribution is -2.44. The van der Waals surface area contributed by atoms with E-state index >= 15 is 0 Å². The number of fused-ring (bicyclic) bond motifs is 1. The molecule has 0 saturated carbocycles. The lowest BCUT2D eigenvalue weighted by Gasteiger charge is -2.18. The van der Waals surface area contributed by atoms with Crippen LogP contribution >= 0.6 is 11.8 Å². The number of nitrogens with one attached hydrogen (secondary N) is 2. The standard InChI is InChI=1S/C18H17FN2O5S/c19-13-3-1-2-4-14(13)26-10-17(22)20-21-18(23)11-27-12-5-6-15-16(9-12)25-8-7-24-15/h1-6,9H,7-8,10-11H2,(H,20,22)(H,21,23). The first-order valence-corrected chi connectivity index (χ1v) is 9.08. The van der Waals surface area contributed by atoms with Gasteiger partial charge in [-0.25, -0.2) is 4.39 Å². The van der Waals surface area contributed by atoms with Gasteiger partial charge >= 0.3 is 0 Å². The second kappa shape index (κ2) is 9.13.